The summed E-state index contributed by atoms with van der Waals surface area (Å²) in [6.07, 6.45) is 0.0646. The summed E-state index contributed by atoms with van der Waals surface area (Å²) in [5.74, 6) is 0.844. The van der Waals surface area contributed by atoms with Gasteiger partial charge in [0.05, 0.1) is 31.0 Å². The Hall–Kier alpha value is -2.08. The van der Waals surface area contributed by atoms with E-state index in [1.165, 1.54) is 0 Å². The maximum Gasteiger partial charge on any atom is 0.119 e. The maximum atomic E-state index is 5.98. The molecule has 1 saturated heterocycles. The fourth-order valence-corrected chi connectivity index (χ4v) is 3.36. The molecule has 0 radical (unpaired) electrons. The van der Waals surface area contributed by atoms with Crippen LogP contribution in [0.1, 0.15) is 17.4 Å². The van der Waals surface area contributed by atoms with Crippen molar-refractivity contribution in [3.05, 3.63) is 58.7 Å². The number of hydrogen-bond acceptors (Lipinski definition) is 4. The van der Waals surface area contributed by atoms with Crippen LogP contribution in [0.25, 0.3) is 10.9 Å². The van der Waals surface area contributed by atoms with Crippen molar-refractivity contribution in [2.45, 2.75) is 12.6 Å². The summed E-state index contributed by atoms with van der Waals surface area (Å²) >= 11 is 5.98. The van der Waals surface area contributed by atoms with Gasteiger partial charge in [-0.05, 0) is 35.9 Å². The van der Waals surface area contributed by atoms with Gasteiger partial charge in [0.1, 0.15) is 5.75 Å². The third kappa shape index (κ3) is 3.49. The molecule has 2 aromatic carbocycles. The van der Waals surface area contributed by atoms with Crippen molar-refractivity contribution in [3.63, 3.8) is 0 Å². The highest BCUT2D eigenvalue weighted by Crippen LogP contribution is 2.27. The Morgan fingerprint density at radius 3 is 2.92 bits per heavy atom. The molecule has 1 atom stereocenters. The van der Waals surface area contributed by atoms with E-state index >= 15 is 0 Å². The molecule has 3 aromatic rings. The normalized spacial score (nSPS) is 18.6. The number of rotatable bonds is 4. The predicted molar refractivity (Wildman–Crippen MR) is 98.1 cm³/mol. The summed E-state index contributed by atoms with van der Waals surface area (Å²) in [7, 11) is 1.68. The van der Waals surface area contributed by atoms with Crippen molar-refractivity contribution in [1.29, 1.82) is 0 Å². The van der Waals surface area contributed by atoms with E-state index in [2.05, 4.69) is 15.1 Å². The molecule has 0 saturated carbocycles. The van der Waals surface area contributed by atoms with Gasteiger partial charge in [-0.2, -0.15) is 5.10 Å². The van der Waals surface area contributed by atoms with Crippen LogP contribution in [0.2, 0.25) is 5.02 Å². The van der Waals surface area contributed by atoms with Crippen molar-refractivity contribution < 1.29 is 9.47 Å². The molecule has 0 amide bonds. The number of fused-ring (bicyclic) bond motifs is 1. The number of H-pyrrole nitrogens is 1. The van der Waals surface area contributed by atoms with Crippen LogP contribution >= 0.6 is 11.6 Å². The SMILES string of the molecule is COc1ccc2n[nH]c(CN3CCOC(c4ccc(Cl)cc4)C3)c2c1. The molecule has 1 aliphatic rings. The Kier molecular flexibility index (Phi) is 4.61. The lowest BCUT2D eigenvalue weighted by Crippen LogP contribution is -2.37. The monoisotopic (exact) mass is 357 g/mol. The average Bonchev–Trinajstić information content (AvgIpc) is 3.04. The topological polar surface area (TPSA) is 50.4 Å². The summed E-state index contributed by atoms with van der Waals surface area (Å²) in [6.45, 7) is 3.25. The molecule has 1 N–H and O–H groups in total. The van der Waals surface area contributed by atoms with Crippen molar-refractivity contribution in [2.75, 3.05) is 26.8 Å². The molecule has 0 bridgehead atoms. The van der Waals surface area contributed by atoms with Crippen LogP contribution in [0.5, 0.6) is 5.75 Å². The third-order valence-electron chi connectivity index (χ3n) is 4.61. The van der Waals surface area contributed by atoms with Gasteiger partial charge in [0.25, 0.3) is 0 Å². The second-order valence-electron chi connectivity index (χ2n) is 6.23. The molecule has 25 heavy (non-hydrogen) atoms. The third-order valence-corrected chi connectivity index (χ3v) is 4.87. The van der Waals surface area contributed by atoms with E-state index in [0.717, 1.165) is 52.6 Å². The van der Waals surface area contributed by atoms with E-state index in [0.29, 0.717) is 6.61 Å². The minimum absolute atomic E-state index is 0.0646. The number of aromatic nitrogens is 2. The number of nitrogens with one attached hydrogen (secondary N) is 1. The number of halogens is 1. The summed E-state index contributed by atoms with van der Waals surface area (Å²) < 4.78 is 11.3. The smallest absolute Gasteiger partial charge is 0.119 e. The van der Waals surface area contributed by atoms with Crippen molar-refractivity contribution in [3.8, 4) is 5.75 Å². The minimum Gasteiger partial charge on any atom is -0.497 e. The molecule has 1 aliphatic heterocycles. The lowest BCUT2D eigenvalue weighted by molar-refractivity contribution is -0.0331. The van der Waals surface area contributed by atoms with Gasteiger partial charge >= 0.3 is 0 Å². The largest absolute Gasteiger partial charge is 0.497 e. The number of hydrogen-bond donors (Lipinski definition) is 1. The summed E-state index contributed by atoms with van der Waals surface area (Å²) in [5, 5.41) is 9.41. The van der Waals surface area contributed by atoms with Crippen LogP contribution in [0.3, 0.4) is 0 Å². The average molecular weight is 358 g/mol. The molecular formula is C19H20ClN3O2. The zero-order valence-corrected chi connectivity index (χ0v) is 14.8. The quantitative estimate of drug-likeness (QED) is 0.771. The van der Waals surface area contributed by atoms with E-state index in [-0.39, 0.29) is 6.10 Å². The summed E-state index contributed by atoms with van der Waals surface area (Å²) in [5.41, 5.74) is 3.22. The number of morpholine rings is 1. The lowest BCUT2D eigenvalue weighted by Gasteiger charge is -2.32. The van der Waals surface area contributed by atoms with E-state index in [4.69, 9.17) is 21.1 Å². The standard InChI is InChI=1S/C19H20ClN3O2/c1-24-15-6-7-17-16(10-15)18(22-21-17)11-23-8-9-25-19(12-23)13-2-4-14(20)5-3-13/h2-7,10,19H,8-9,11-12H2,1H3,(H,21,22). The molecule has 4 rings (SSSR count). The second kappa shape index (κ2) is 7.04. The van der Waals surface area contributed by atoms with Crippen LogP contribution in [0, 0.1) is 0 Å². The van der Waals surface area contributed by atoms with Crippen molar-refractivity contribution in [1.82, 2.24) is 15.1 Å². The zero-order valence-electron chi connectivity index (χ0n) is 14.0. The predicted octanol–water partition coefficient (Wildman–Crippen LogP) is 3.80. The highest BCUT2D eigenvalue weighted by molar-refractivity contribution is 6.30. The fourth-order valence-electron chi connectivity index (χ4n) is 3.24. The zero-order chi connectivity index (χ0) is 17.2. The Balaban J connectivity index is 1.51. The van der Waals surface area contributed by atoms with Crippen LogP contribution < -0.4 is 4.74 Å². The fraction of sp³-hybridized carbons (Fsp3) is 0.316. The van der Waals surface area contributed by atoms with Crippen molar-refractivity contribution >= 4 is 22.5 Å². The van der Waals surface area contributed by atoms with Gasteiger partial charge in [-0.3, -0.25) is 10.00 Å². The Morgan fingerprint density at radius 1 is 1.28 bits per heavy atom. The molecule has 1 unspecified atom stereocenters. The number of benzene rings is 2. The van der Waals surface area contributed by atoms with Gasteiger partial charge in [-0.25, -0.2) is 0 Å². The first-order valence-corrected chi connectivity index (χ1v) is 8.71. The number of nitrogens with zero attached hydrogens (tertiary/aromatic N) is 2. The van der Waals surface area contributed by atoms with Crippen LogP contribution in [-0.2, 0) is 11.3 Å². The van der Waals surface area contributed by atoms with Gasteiger partial charge < -0.3 is 9.47 Å². The molecule has 5 nitrogen and oxygen atoms in total. The van der Waals surface area contributed by atoms with Crippen LogP contribution in [0.4, 0.5) is 0 Å². The van der Waals surface area contributed by atoms with E-state index < -0.39 is 0 Å². The van der Waals surface area contributed by atoms with E-state index in [1.807, 2.05) is 42.5 Å². The van der Waals surface area contributed by atoms with E-state index in [9.17, 15) is 0 Å². The summed E-state index contributed by atoms with van der Waals surface area (Å²) in [4.78, 5) is 2.38. The molecule has 1 fully saturated rings. The molecule has 1 aromatic heterocycles. The van der Waals surface area contributed by atoms with Gasteiger partial charge in [0, 0.05) is 30.0 Å². The Morgan fingerprint density at radius 2 is 2.12 bits per heavy atom. The minimum atomic E-state index is 0.0646. The molecular weight excluding hydrogens is 338 g/mol. The van der Waals surface area contributed by atoms with Crippen LogP contribution in [0.15, 0.2) is 42.5 Å². The highest BCUT2D eigenvalue weighted by atomic mass is 35.5. The first-order chi connectivity index (χ1) is 12.2. The molecule has 2 heterocycles. The molecule has 130 valence electrons. The molecule has 6 heteroatoms. The van der Waals surface area contributed by atoms with Gasteiger partial charge in [0.15, 0.2) is 0 Å². The molecule has 0 spiro atoms. The Labute approximate surface area is 151 Å². The van der Waals surface area contributed by atoms with E-state index in [1.54, 1.807) is 7.11 Å². The van der Waals surface area contributed by atoms with Crippen LogP contribution in [-0.4, -0.2) is 41.9 Å². The van der Waals surface area contributed by atoms with Gasteiger partial charge in [0.2, 0.25) is 0 Å². The van der Waals surface area contributed by atoms with Crippen molar-refractivity contribution in [2.24, 2.45) is 0 Å². The first kappa shape index (κ1) is 16.4. The summed E-state index contributed by atoms with van der Waals surface area (Å²) in [6, 6.07) is 13.8. The maximum absolute atomic E-state index is 5.98. The highest BCUT2D eigenvalue weighted by Gasteiger charge is 2.23. The number of ether oxygens (including phenoxy) is 2. The first-order valence-electron chi connectivity index (χ1n) is 8.33. The Bertz CT molecular complexity index is 863. The molecule has 0 aliphatic carbocycles. The number of methoxy groups -OCH3 is 1. The van der Waals surface area contributed by atoms with Gasteiger partial charge in [-0.1, -0.05) is 23.7 Å². The second-order valence-corrected chi connectivity index (χ2v) is 6.67. The lowest BCUT2D eigenvalue weighted by atomic mass is 10.1. The number of aromatic amines is 1. The van der Waals surface area contributed by atoms with Gasteiger partial charge in [-0.15, -0.1) is 0 Å².